The van der Waals surface area contributed by atoms with Crippen molar-refractivity contribution < 1.29 is 9.53 Å². The Hall–Kier alpha value is -0.790. The molecule has 4 aliphatic rings. The standard InChI is InChI=1S/C29H48O2/c1-7-27(30)31-22-14-16-28(5)21(18-22)10-11-23-25-13-12-24(20(4)9-8-19(2)3)29(25,6)17-15-26(23)28/h8,20-26H,7,9-18H2,1-6H3. The van der Waals surface area contributed by atoms with Gasteiger partial charge in [-0.2, -0.15) is 0 Å². The summed E-state index contributed by atoms with van der Waals surface area (Å²) in [6.07, 6.45) is 16.5. The third-order valence-corrected chi connectivity index (χ3v) is 10.9. The molecule has 0 heterocycles. The highest BCUT2D eigenvalue weighted by molar-refractivity contribution is 5.69. The zero-order valence-corrected chi connectivity index (χ0v) is 21.2. The quantitative estimate of drug-likeness (QED) is 0.328. The molecular weight excluding hydrogens is 380 g/mol. The fourth-order valence-corrected chi connectivity index (χ4v) is 9.16. The predicted octanol–water partition coefficient (Wildman–Crippen LogP) is 7.96. The van der Waals surface area contributed by atoms with Gasteiger partial charge in [0, 0.05) is 6.42 Å². The van der Waals surface area contributed by atoms with E-state index in [1.54, 1.807) is 0 Å². The maximum atomic E-state index is 11.9. The van der Waals surface area contributed by atoms with Crippen molar-refractivity contribution >= 4 is 5.97 Å². The molecule has 9 unspecified atom stereocenters. The monoisotopic (exact) mass is 428 g/mol. The van der Waals surface area contributed by atoms with E-state index in [1.165, 1.54) is 56.9 Å². The molecule has 0 aliphatic heterocycles. The van der Waals surface area contributed by atoms with Crippen molar-refractivity contribution in [3.63, 3.8) is 0 Å². The molecule has 4 saturated carbocycles. The first-order valence-electron chi connectivity index (χ1n) is 13.5. The minimum absolute atomic E-state index is 0.00468. The fourth-order valence-electron chi connectivity index (χ4n) is 9.16. The van der Waals surface area contributed by atoms with Gasteiger partial charge in [0.1, 0.15) is 6.10 Å². The molecule has 4 rings (SSSR count). The van der Waals surface area contributed by atoms with Gasteiger partial charge in [-0.05, 0) is 124 Å². The lowest BCUT2D eigenvalue weighted by Gasteiger charge is -2.61. The molecule has 0 saturated heterocycles. The molecule has 0 N–H and O–H groups in total. The van der Waals surface area contributed by atoms with Crippen LogP contribution in [0.3, 0.4) is 0 Å². The van der Waals surface area contributed by atoms with E-state index in [1.807, 2.05) is 6.92 Å². The third-order valence-electron chi connectivity index (χ3n) is 10.9. The normalized spacial score (nSPS) is 45.1. The summed E-state index contributed by atoms with van der Waals surface area (Å²) in [6.45, 7) is 14.2. The highest BCUT2D eigenvalue weighted by Gasteiger charge is 2.60. The first kappa shape index (κ1) is 23.4. The van der Waals surface area contributed by atoms with Gasteiger partial charge in [-0.1, -0.05) is 39.3 Å². The van der Waals surface area contributed by atoms with Gasteiger partial charge in [0.15, 0.2) is 0 Å². The molecule has 0 amide bonds. The number of esters is 1. The Bertz CT molecular complexity index is 691. The van der Waals surface area contributed by atoms with E-state index in [-0.39, 0.29) is 12.1 Å². The maximum absolute atomic E-state index is 11.9. The van der Waals surface area contributed by atoms with E-state index in [9.17, 15) is 4.79 Å². The largest absolute Gasteiger partial charge is 0.462 e. The highest BCUT2D eigenvalue weighted by atomic mass is 16.5. The van der Waals surface area contributed by atoms with Crippen LogP contribution < -0.4 is 0 Å². The first-order valence-corrected chi connectivity index (χ1v) is 13.5. The molecule has 2 nitrogen and oxygen atoms in total. The second-order valence-electron chi connectivity index (χ2n) is 12.6. The van der Waals surface area contributed by atoms with Crippen LogP contribution in [0.2, 0.25) is 0 Å². The summed E-state index contributed by atoms with van der Waals surface area (Å²) in [4.78, 5) is 11.9. The van der Waals surface area contributed by atoms with Crippen LogP contribution in [0.25, 0.3) is 0 Å². The molecule has 2 heteroatoms. The summed E-state index contributed by atoms with van der Waals surface area (Å²) in [5.74, 6) is 5.26. The van der Waals surface area contributed by atoms with Crippen molar-refractivity contribution in [2.24, 2.45) is 46.3 Å². The first-order chi connectivity index (χ1) is 14.7. The van der Waals surface area contributed by atoms with Gasteiger partial charge in [0.25, 0.3) is 0 Å². The van der Waals surface area contributed by atoms with Crippen LogP contribution in [-0.2, 0) is 9.53 Å². The van der Waals surface area contributed by atoms with Gasteiger partial charge in [0.05, 0.1) is 0 Å². The molecular formula is C29H48O2. The number of ether oxygens (including phenoxy) is 1. The molecule has 0 aromatic rings. The van der Waals surface area contributed by atoms with Crippen molar-refractivity contribution in [1.29, 1.82) is 0 Å². The van der Waals surface area contributed by atoms with Crippen LogP contribution in [0.15, 0.2) is 11.6 Å². The molecule has 9 atom stereocenters. The lowest BCUT2D eigenvalue weighted by molar-refractivity contribution is -0.162. The summed E-state index contributed by atoms with van der Waals surface area (Å²) in [5, 5.41) is 0. The molecule has 176 valence electrons. The molecule has 4 aliphatic carbocycles. The molecule has 31 heavy (non-hydrogen) atoms. The molecule has 0 aromatic carbocycles. The van der Waals surface area contributed by atoms with E-state index in [4.69, 9.17) is 4.74 Å². The minimum atomic E-state index is -0.00468. The van der Waals surface area contributed by atoms with E-state index in [0.29, 0.717) is 17.3 Å². The van der Waals surface area contributed by atoms with Gasteiger partial charge in [-0.15, -0.1) is 0 Å². The summed E-state index contributed by atoms with van der Waals surface area (Å²) < 4.78 is 5.79. The summed E-state index contributed by atoms with van der Waals surface area (Å²) in [6, 6.07) is 0. The van der Waals surface area contributed by atoms with Crippen LogP contribution in [-0.4, -0.2) is 12.1 Å². The smallest absolute Gasteiger partial charge is 0.305 e. The zero-order chi connectivity index (χ0) is 22.4. The van der Waals surface area contributed by atoms with Crippen molar-refractivity contribution in [3.05, 3.63) is 11.6 Å². The van der Waals surface area contributed by atoms with Gasteiger partial charge in [-0.25, -0.2) is 0 Å². The number of fused-ring (bicyclic) bond motifs is 5. The average Bonchev–Trinajstić information content (AvgIpc) is 3.09. The van der Waals surface area contributed by atoms with Crippen molar-refractivity contribution in [2.45, 2.75) is 118 Å². The van der Waals surface area contributed by atoms with Gasteiger partial charge in [0.2, 0.25) is 0 Å². The Morgan fingerprint density at radius 2 is 1.71 bits per heavy atom. The molecule has 4 fully saturated rings. The number of hydrogen-bond acceptors (Lipinski definition) is 2. The summed E-state index contributed by atoms with van der Waals surface area (Å²) >= 11 is 0. The molecule has 0 aromatic heterocycles. The van der Waals surface area contributed by atoms with Crippen LogP contribution >= 0.6 is 0 Å². The maximum Gasteiger partial charge on any atom is 0.305 e. The average molecular weight is 429 g/mol. The predicted molar refractivity (Wildman–Crippen MR) is 129 cm³/mol. The Morgan fingerprint density at radius 1 is 1.00 bits per heavy atom. The second-order valence-corrected chi connectivity index (χ2v) is 12.6. The van der Waals surface area contributed by atoms with E-state index < -0.39 is 0 Å². The summed E-state index contributed by atoms with van der Waals surface area (Å²) in [7, 11) is 0. The Kier molecular flexibility index (Phi) is 6.68. The fraction of sp³-hybridized carbons (Fsp3) is 0.897. The lowest BCUT2D eigenvalue weighted by atomic mass is 9.44. The van der Waals surface area contributed by atoms with Crippen LogP contribution in [0.4, 0.5) is 0 Å². The topological polar surface area (TPSA) is 26.3 Å². The van der Waals surface area contributed by atoms with Crippen LogP contribution in [0.5, 0.6) is 0 Å². The van der Waals surface area contributed by atoms with E-state index in [2.05, 4.69) is 40.7 Å². The van der Waals surface area contributed by atoms with Crippen molar-refractivity contribution in [3.8, 4) is 0 Å². The number of carbonyl (C=O) groups excluding carboxylic acids is 1. The number of allylic oxidation sites excluding steroid dienone is 2. The van der Waals surface area contributed by atoms with Crippen LogP contribution in [0, 0.1) is 46.3 Å². The van der Waals surface area contributed by atoms with Gasteiger partial charge < -0.3 is 4.74 Å². The Morgan fingerprint density at radius 3 is 2.42 bits per heavy atom. The Labute approximate surface area is 192 Å². The lowest BCUT2D eigenvalue weighted by Crippen LogP contribution is -2.54. The SMILES string of the molecule is CCC(=O)OC1CCC2(C)C(CCC3C2CCC2(C)C(C(C)CC=C(C)C)CCC32)C1. The molecule has 0 spiro atoms. The number of rotatable bonds is 5. The number of hydrogen-bond donors (Lipinski definition) is 0. The van der Waals surface area contributed by atoms with Crippen molar-refractivity contribution in [2.75, 3.05) is 0 Å². The zero-order valence-electron chi connectivity index (χ0n) is 21.2. The van der Waals surface area contributed by atoms with Crippen LogP contribution in [0.1, 0.15) is 112 Å². The van der Waals surface area contributed by atoms with E-state index >= 15 is 0 Å². The summed E-state index contributed by atoms with van der Waals surface area (Å²) in [5.41, 5.74) is 2.51. The highest BCUT2D eigenvalue weighted by Crippen LogP contribution is 2.68. The minimum Gasteiger partial charge on any atom is -0.462 e. The molecule has 0 radical (unpaired) electrons. The van der Waals surface area contributed by atoms with Gasteiger partial charge >= 0.3 is 5.97 Å². The van der Waals surface area contributed by atoms with Crippen molar-refractivity contribution in [1.82, 2.24) is 0 Å². The second kappa shape index (κ2) is 8.86. The van der Waals surface area contributed by atoms with Gasteiger partial charge in [-0.3, -0.25) is 4.79 Å². The van der Waals surface area contributed by atoms with E-state index in [0.717, 1.165) is 48.3 Å². The number of carbonyl (C=O) groups is 1. The molecule has 0 bridgehead atoms. The Balaban J connectivity index is 1.46. The third kappa shape index (κ3) is 4.15.